The van der Waals surface area contributed by atoms with Crippen molar-refractivity contribution in [1.29, 1.82) is 0 Å². The molecule has 2 atom stereocenters. The van der Waals surface area contributed by atoms with Gasteiger partial charge in [-0.15, -0.1) is 0 Å². The molecule has 0 aromatic carbocycles. The van der Waals surface area contributed by atoms with E-state index in [2.05, 4.69) is 11.9 Å². The predicted molar refractivity (Wildman–Crippen MR) is 87.2 cm³/mol. The number of amides is 1. The van der Waals surface area contributed by atoms with Crippen molar-refractivity contribution >= 4 is 25.9 Å². The van der Waals surface area contributed by atoms with Gasteiger partial charge in [-0.3, -0.25) is 9.35 Å². The molecule has 1 amide bonds. The van der Waals surface area contributed by atoms with Crippen LogP contribution >= 0.6 is 0 Å². The lowest BCUT2D eigenvalue weighted by Crippen LogP contribution is -2.57. The molecule has 134 valence electrons. The molecular formula is C13H25N2O6S2+. The molecule has 0 radical (unpaired) electrons. The summed E-state index contributed by atoms with van der Waals surface area (Å²) in [6, 6.07) is 0. The molecule has 0 aromatic rings. The highest BCUT2D eigenvalue weighted by atomic mass is 32.2. The Morgan fingerprint density at radius 3 is 2.52 bits per heavy atom. The van der Waals surface area contributed by atoms with Gasteiger partial charge in [0.2, 0.25) is 5.91 Å². The molecule has 0 aliphatic carbocycles. The minimum absolute atomic E-state index is 0.106. The largest absolute Gasteiger partial charge is 0.348 e. The molecule has 1 saturated heterocycles. The molecule has 0 unspecified atom stereocenters. The van der Waals surface area contributed by atoms with E-state index in [-0.39, 0.29) is 6.42 Å². The van der Waals surface area contributed by atoms with E-state index in [0.29, 0.717) is 17.6 Å². The monoisotopic (exact) mass is 369 g/mol. The topological polar surface area (TPSA) is 118 Å². The van der Waals surface area contributed by atoms with Gasteiger partial charge in [0, 0.05) is 0 Å². The first kappa shape index (κ1) is 20.1. The van der Waals surface area contributed by atoms with Gasteiger partial charge in [-0.2, -0.15) is 8.42 Å². The van der Waals surface area contributed by atoms with Crippen LogP contribution in [0.1, 0.15) is 13.3 Å². The van der Waals surface area contributed by atoms with Crippen molar-refractivity contribution in [2.45, 2.75) is 24.1 Å². The first-order chi connectivity index (χ1) is 10.2. The van der Waals surface area contributed by atoms with E-state index < -0.39 is 48.2 Å². The number of carbonyl (C=O) groups is 1. The maximum Gasteiger partial charge on any atom is 0.271 e. The molecule has 1 aliphatic rings. The summed E-state index contributed by atoms with van der Waals surface area (Å²) in [5, 5.41) is 0.933. The van der Waals surface area contributed by atoms with Crippen LogP contribution in [0.2, 0.25) is 0 Å². The Hall–Kier alpha value is -0.970. The van der Waals surface area contributed by atoms with E-state index in [9.17, 15) is 26.2 Å². The van der Waals surface area contributed by atoms with E-state index in [1.165, 1.54) is 6.92 Å². The standard InChI is InChI=1S/C13H24N2O6S2/c1-5-7-15(3,4)8-6-12(16)14-13(2)10-22(17,18)9-11(13)23(19,20)21/h5,11H,1,6-10H2,2-4H3,(H-,14,16,19,20,21)/p+1/t11-,13-/m0/s1. The lowest BCUT2D eigenvalue weighted by molar-refractivity contribution is -0.883. The molecule has 1 rings (SSSR count). The molecule has 8 nitrogen and oxygen atoms in total. The summed E-state index contributed by atoms with van der Waals surface area (Å²) in [6.07, 6.45) is 1.84. The number of hydrogen-bond acceptors (Lipinski definition) is 5. The van der Waals surface area contributed by atoms with Crippen LogP contribution in [-0.4, -0.2) is 81.3 Å². The molecular weight excluding hydrogens is 344 g/mol. The number of likely N-dealkylation sites (N-methyl/N-ethyl adjacent to an activating group) is 1. The maximum atomic E-state index is 12.1. The Kier molecular flexibility index (Phi) is 5.67. The zero-order valence-electron chi connectivity index (χ0n) is 13.6. The first-order valence-corrected chi connectivity index (χ1v) is 10.4. The van der Waals surface area contributed by atoms with Gasteiger partial charge >= 0.3 is 0 Å². The predicted octanol–water partition coefficient (Wildman–Crippen LogP) is -0.801. The Balaban J connectivity index is 2.84. The van der Waals surface area contributed by atoms with Crippen molar-refractivity contribution in [2.75, 3.05) is 38.7 Å². The van der Waals surface area contributed by atoms with E-state index >= 15 is 0 Å². The summed E-state index contributed by atoms with van der Waals surface area (Å²) in [5.41, 5.74) is -1.53. The number of quaternary nitrogens is 1. The zero-order valence-corrected chi connectivity index (χ0v) is 15.3. The molecule has 0 aromatic heterocycles. The summed E-state index contributed by atoms with van der Waals surface area (Å²) in [7, 11) is -4.42. The molecule has 10 heteroatoms. The molecule has 23 heavy (non-hydrogen) atoms. The summed E-state index contributed by atoms with van der Waals surface area (Å²) >= 11 is 0. The van der Waals surface area contributed by atoms with Crippen LogP contribution in [-0.2, 0) is 24.7 Å². The van der Waals surface area contributed by atoms with Crippen LogP contribution in [0.5, 0.6) is 0 Å². The highest BCUT2D eigenvalue weighted by Gasteiger charge is 2.54. The number of hydrogen-bond donors (Lipinski definition) is 2. The molecule has 0 saturated carbocycles. The summed E-state index contributed by atoms with van der Waals surface area (Å²) < 4.78 is 56.2. The van der Waals surface area contributed by atoms with E-state index in [1.54, 1.807) is 6.08 Å². The van der Waals surface area contributed by atoms with Crippen molar-refractivity contribution in [3.63, 3.8) is 0 Å². The minimum Gasteiger partial charge on any atom is -0.348 e. The molecule has 0 bridgehead atoms. The van der Waals surface area contributed by atoms with Gasteiger partial charge in [0.05, 0.1) is 50.7 Å². The average Bonchev–Trinajstić information content (AvgIpc) is 2.56. The Bertz CT molecular complexity index is 683. The zero-order chi connectivity index (χ0) is 18.1. The fourth-order valence-electron chi connectivity index (χ4n) is 2.78. The van der Waals surface area contributed by atoms with E-state index in [0.717, 1.165) is 0 Å². The normalized spacial score (nSPS) is 27.6. The number of sulfone groups is 1. The molecule has 1 aliphatic heterocycles. The van der Waals surface area contributed by atoms with Crippen LogP contribution in [0.3, 0.4) is 0 Å². The third-order valence-corrected chi connectivity index (χ3v) is 7.49. The van der Waals surface area contributed by atoms with Gasteiger partial charge < -0.3 is 9.80 Å². The second-order valence-corrected chi connectivity index (χ2v) is 10.6. The third kappa shape index (κ3) is 5.55. The van der Waals surface area contributed by atoms with Crippen LogP contribution in [0.4, 0.5) is 0 Å². The number of nitrogens with zero attached hydrogens (tertiary/aromatic N) is 1. The minimum atomic E-state index is -4.59. The highest BCUT2D eigenvalue weighted by Crippen LogP contribution is 2.29. The summed E-state index contributed by atoms with van der Waals surface area (Å²) in [6.45, 7) is 6.12. The van der Waals surface area contributed by atoms with Gasteiger partial charge in [0.25, 0.3) is 10.1 Å². The van der Waals surface area contributed by atoms with Crippen LogP contribution in [0.25, 0.3) is 0 Å². The SMILES string of the molecule is C=CC[N+](C)(C)CCC(=O)N[C@@]1(C)CS(=O)(=O)C[C@@H]1S(=O)(=O)O. The van der Waals surface area contributed by atoms with Gasteiger partial charge in [-0.05, 0) is 13.0 Å². The van der Waals surface area contributed by atoms with Crippen molar-refractivity contribution in [2.24, 2.45) is 0 Å². The van der Waals surface area contributed by atoms with Crippen molar-refractivity contribution in [3.05, 3.63) is 12.7 Å². The second kappa shape index (κ2) is 6.50. The Morgan fingerprint density at radius 2 is 2.04 bits per heavy atom. The van der Waals surface area contributed by atoms with Crippen molar-refractivity contribution in [1.82, 2.24) is 5.32 Å². The van der Waals surface area contributed by atoms with Crippen LogP contribution < -0.4 is 5.32 Å². The second-order valence-electron chi connectivity index (χ2n) is 6.90. The van der Waals surface area contributed by atoms with Crippen LogP contribution in [0.15, 0.2) is 12.7 Å². The number of carbonyl (C=O) groups excluding carboxylic acids is 1. The lowest BCUT2D eigenvalue weighted by atomic mass is 10.0. The fraction of sp³-hybridized carbons (Fsp3) is 0.769. The Morgan fingerprint density at radius 1 is 1.48 bits per heavy atom. The van der Waals surface area contributed by atoms with Gasteiger partial charge in [-0.1, -0.05) is 6.58 Å². The van der Waals surface area contributed by atoms with Crippen molar-refractivity contribution < 1.29 is 30.7 Å². The highest BCUT2D eigenvalue weighted by molar-refractivity contribution is 7.94. The van der Waals surface area contributed by atoms with Gasteiger partial charge in [0.1, 0.15) is 5.25 Å². The van der Waals surface area contributed by atoms with Crippen LogP contribution in [0, 0.1) is 0 Å². The number of nitrogens with one attached hydrogen (secondary N) is 1. The maximum absolute atomic E-state index is 12.1. The summed E-state index contributed by atoms with van der Waals surface area (Å²) in [4.78, 5) is 12.1. The molecule has 2 N–H and O–H groups in total. The molecule has 0 spiro atoms. The molecule has 1 fully saturated rings. The summed E-state index contributed by atoms with van der Waals surface area (Å²) in [5.74, 6) is -1.66. The number of rotatable bonds is 7. The van der Waals surface area contributed by atoms with Crippen molar-refractivity contribution in [3.8, 4) is 0 Å². The van der Waals surface area contributed by atoms with E-state index in [1.807, 2.05) is 14.1 Å². The molecule has 1 heterocycles. The van der Waals surface area contributed by atoms with E-state index in [4.69, 9.17) is 0 Å². The average molecular weight is 369 g/mol. The smallest absolute Gasteiger partial charge is 0.271 e. The van der Waals surface area contributed by atoms with Gasteiger partial charge in [-0.25, -0.2) is 8.42 Å². The fourth-order valence-corrected chi connectivity index (χ4v) is 7.13. The first-order valence-electron chi connectivity index (χ1n) is 7.11. The van der Waals surface area contributed by atoms with Gasteiger partial charge in [0.15, 0.2) is 9.84 Å². The third-order valence-electron chi connectivity index (χ3n) is 3.99. The lowest BCUT2D eigenvalue weighted by Gasteiger charge is -2.31. The quantitative estimate of drug-likeness (QED) is 0.345. The Labute approximate surface area is 137 Å².